The van der Waals surface area contributed by atoms with Gasteiger partial charge >= 0.3 is 0 Å². The van der Waals surface area contributed by atoms with Crippen LogP contribution in [0.25, 0.3) is 0 Å². The Morgan fingerprint density at radius 3 is 3.00 bits per heavy atom. The second-order valence-corrected chi connectivity index (χ2v) is 3.66. The third-order valence-corrected chi connectivity index (χ3v) is 2.42. The van der Waals surface area contributed by atoms with Gasteiger partial charge in [0, 0.05) is 17.9 Å². The smallest absolute Gasteiger partial charge is 0.240 e. The fourth-order valence-corrected chi connectivity index (χ4v) is 1.32. The molecule has 1 unspecified atom stereocenters. The number of amides is 1. The maximum atomic E-state index is 11.5. The zero-order chi connectivity index (χ0) is 11.3. The predicted molar refractivity (Wildman–Crippen MR) is 58.3 cm³/mol. The lowest BCUT2D eigenvalue weighted by atomic mass is 10.2. The van der Waals surface area contributed by atoms with Crippen molar-refractivity contribution < 1.29 is 9.90 Å². The lowest BCUT2D eigenvalue weighted by Crippen LogP contribution is -2.34. The summed E-state index contributed by atoms with van der Waals surface area (Å²) in [4.78, 5) is 11.5. The number of nitrogens with zero attached hydrogens (tertiary/aromatic N) is 1. The summed E-state index contributed by atoms with van der Waals surface area (Å²) in [7, 11) is 0. The van der Waals surface area contributed by atoms with Crippen LogP contribution in [0.15, 0.2) is 18.3 Å². The summed E-state index contributed by atoms with van der Waals surface area (Å²) in [5.41, 5.74) is 0.759. The Morgan fingerprint density at radius 1 is 1.67 bits per heavy atom. The molecule has 4 nitrogen and oxygen atoms in total. The topological polar surface area (TPSA) is 54.3 Å². The number of aliphatic hydroxyl groups excluding tert-OH is 1. The first-order valence-corrected chi connectivity index (χ1v) is 5.21. The van der Waals surface area contributed by atoms with Crippen LogP contribution in [0.4, 0.5) is 0 Å². The van der Waals surface area contributed by atoms with E-state index in [-0.39, 0.29) is 25.1 Å². The molecule has 0 saturated carbocycles. The molecule has 0 aliphatic rings. The molecule has 0 spiro atoms. The SMILES string of the molecule is CCC(C)NC(=O)Cn1cccc1CO. The minimum absolute atomic E-state index is 0.0183. The summed E-state index contributed by atoms with van der Waals surface area (Å²) >= 11 is 0. The van der Waals surface area contributed by atoms with Gasteiger partial charge in [-0.25, -0.2) is 0 Å². The summed E-state index contributed by atoms with van der Waals surface area (Å²) in [6.07, 6.45) is 2.71. The molecule has 1 amide bonds. The van der Waals surface area contributed by atoms with Crippen LogP contribution in [0.5, 0.6) is 0 Å². The minimum atomic E-state index is -0.0381. The second-order valence-electron chi connectivity index (χ2n) is 3.66. The molecular formula is C11H18N2O2. The van der Waals surface area contributed by atoms with Crippen molar-refractivity contribution in [3.63, 3.8) is 0 Å². The van der Waals surface area contributed by atoms with E-state index in [1.54, 1.807) is 16.8 Å². The molecule has 1 aromatic heterocycles. The number of carbonyl (C=O) groups is 1. The number of rotatable bonds is 5. The highest BCUT2D eigenvalue weighted by molar-refractivity contribution is 5.76. The molecule has 0 aromatic carbocycles. The van der Waals surface area contributed by atoms with Crippen LogP contribution < -0.4 is 5.32 Å². The molecular weight excluding hydrogens is 192 g/mol. The van der Waals surface area contributed by atoms with Crippen LogP contribution in [0.2, 0.25) is 0 Å². The summed E-state index contributed by atoms with van der Waals surface area (Å²) in [6, 6.07) is 3.82. The molecule has 15 heavy (non-hydrogen) atoms. The maximum Gasteiger partial charge on any atom is 0.240 e. The molecule has 0 aliphatic carbocycles. The molecule has 1 atom stereocenters. The Morgan fingerprint density at radius 2 is 2.40 bits per heavy atom. The van der Waals surface area contributed by atoms with E-state index in [9.17, 15) is 4.79 Å². The molecule has 0 saturated heterocycles. The average Bonchev–Trinajstić information content (AvgIpc) is 2.64. The molecule has 84 valence electrons. The van der Waals surface area contributed by atoms with Crippen LogP contribution in [-0.4, -0.2) is 21.6 Å². The van der Waals surface area contributed by atoms with Crippen molar-refractivity contribution in [2.24, 2.45) is 0 Å². The summed E-state index contributed by atoms with van der Waals surface area (Å²) < 4.78 is 1.75. The van der Waals surface area contributed by atoms with Gasteiger partial charge in [0.1, 0.15) is 6.54 Å². The molecule has 1 aromatic rings. The van der Waals surface area contributed by atoms with Crippen molar-refractivity contribution in [2.75, 3.05) is 0 Å². The van der Waals surface area contributed by atoms with Gasteiger partial charge in [-0.05, 0) is 25.5 Å². The Bertz CT molecular complexity index is 320. The molecule has 0 aliphatic heterocycles. The molecule has 1 rings (SSSR count). The number of hydrogen-bond acceptors (Lipinski definition) is 2. The van der Waals surface area contributed by atoms with E-state index in [0.717, 1.165) is 12.1 Å². The van der Waals surface area contributed by atoms with Crippen LogP contribution in [0.1, 0.15) is 26.0 Å². The van der Waals surface area contributed by atoms with Gasteiger partial charge in [-0.15, -0.1) is 0 Å². The number of hydrogen-bond donors (Lipinski definition) is 2. The molecule has 4 heteroatoms. The lowest BCUT2D eigenvalue weighted by molar-refractivity contribution is -0.122. The maximum absolute atomic E-state index is 11.5. The minimum Gasteiger partial charge on any atom is -0.390 e. The van der Waals surface area contributed by atoms with E-state index in [1.807, 2.05) is 19.9 Å². The first kappa shape index (κ1) is 11.8. The molecule has 2 N–H and O–H groups in total. The van der Waals surface area contributed by atoms with Crippen molar-refractivity contribution in [1.29, 1.82) is 0 Å². The fraction of sp³-hybridized carbons (Fsp3) is 0.545. The Labute approximate surface area is 89.9 Å². The summed E-state index contributed by atoms with van der Waals surface area (Å²) in [5.74, 6) is -0.0183. The largest absolute Gasteiger partial charge is 0.390 e. The molecule has 0 bridgehead atoms. The van der Waals surface area contributed by atoms with E-state index in [2.05, 4.69) is 5.32 Å². The van der Waals surface area contributed by atoms with E-state index in [0.29, 0.717) is 0 Å². The van der Waals surface area contributed by atoms with Crippen molar-refractivity contribution in [1.82, 2.24) is 9.88 Å². The number of aromatic nitrogens is 1. The number of carbonyl (C=O) groups excluding carboxylic acids is 1. The highest BCUT2D eigenvalue weighted by Crippen LogP contribution is 2.01. The third-order valence-electron chi connectivity index (χ3n) is 2.42. The van der Waals surface area contributed by atoms with Gasteiger partial charge in [0.15, 0.2) is 0 Å². The molecule has 0 radical (unpaired) electrons. The fourth-order valence-electron chi connectivity index (χ4n) is 1.32. The predicted octanol–water partition coefficient (Wildman–Crippen LogP) is 0.895. The lowest BCUT2D eigenvalue weighted by Gasteiger charge is -2.12. The van der Waals surface area contributed by atoms with E-state index in [4.69, 9.17) is 5.11 Å². The highest BCUT2D eigenvalue weighted by Gasteiger charge is 2.07. The zero-order valence-corrected chi connectivity index (χ0v) is 9.23. The standard InChI is InChI=1S/C11H18N2O2/c1-3-9(2)12-11(15)7-13-6-4-5-10(13)8-14/h4-6,9,14H,3,7-8H2,1-2H3,(H,12,15). The van der Waals surface area contributed by atoms with Gasteiger partial charge in [-0.3, -0.25) is 4.79 Å². The van der Waals surface area contributed by atoms with Gasteiger partial charge in [0.2, 0.25) is 5.91 Å². The van der Waals surface area contributed by atoms with Crippen molar-refractivity contribution in [3.05, 3.63) is 24.0 Å². The van der Waals surface area contributed by atoms with Crippen LogP contribution in [0.3, 0.4) is 0 Å². The Balaban J connectivity index is 2.51. The molecule has 1 heterocycles. The second kappa shape index (κ2) is 5.56. The van der Waals surface area contributed by atoms with E-state index < -0.39 is 0 Å². The number of aliphatic hydroxyl groups is 1. The highest BCUT2D eigenvalue weighted by atomic mass is 16.3. The monoisotopic (exact) mass is 210 g/mol. The van der Waals surface area contributed by atoms with E-state index in [1.165, 1.54) is 0 Å². The van der Waals surface area contributed by atoms with Crippen molar-refractivity contribution in [2.45, 2.75) is 39.5 Å². The quantitative estimate of drug-likeness (QED) is 0.758. The Hall–Kier alpha value is -1.29. The summed E-state index contributed by atoms with van der Waals surface area (Å²) in [5, 5.41) is 11.9. The molecule has 0 fully saturated rings. The third kappa shape index (κ3) is 3.40. The van der Waals surface area contributed by atoms with Gasteiger partial charge < -0.3 is 15.0 Å². The van der Waals surface area contributed by atoms with Gasteiger partial charge in [-0.2, -0.15) is 0 Å². The van der Waals surface area contributed by atoms with Gasteiger partial charge in [-0.1, -0.05) is 6.92 Å². The van der Waals surface area contributed by atoms with Crippen molar-refractivity contribution in [3.8, 4) is 0 Å². The van der Waals surface area contributed by atoms with E-state index >= 15 is 0 Å². The Kier molecular flexibility index (Phi) is 4.37. The van der Waals surface area contributed by atoms with Gasteiger partial charge in [0.25, 0.3) is 0 Å². The van der Waals surface area contributed by atoms with Crippen LogP contribution in [0, 0.1) is 0 Å². The number of nitrogens with one attached hydrogen (secondary N) is 1. The average molecular weight is 210 g/mol. The summed E-state index contributed by atoms with van der Waals surface area (Å²) in [6.45, 7) is 4.23. The van der Waals surface area contributed by atoms with Crippen LogP contribution in [-0.2, 0) is 17.9 Å². The first-order chi connectivity index (χ1) is 7.17. The zero-order valence-electron chi connectivity index (χ0n) is 9.23. The first-order valence-electron chi connectivity index (χ1n) is 5.21. The van der Waals surface area contributed by atoms with Crippen LogP contribution >= 0.6 is 0 Å². The van der Waals surface area contributed by atoms with Gasteiger partial charge in [0.05, 0.1) is 6.61 Å². The normalized spacial score (nSPS) is 12.5. The van der Waals surface area contributed by atoms with Crippen molar-refractivity contribution >= 4 is 5.91 Å².